The van der Waals surface area contributed by atoms with Crippen LogP contribution in [-0.2, 0) is 6.42 Å². The number of aryl methyl sites for hydroxylation is 1. The Hall–Kier alpha value is -2.54. The van der Waals surface area contributed by atoms with Gasteiger partial charge in [0.2, 0.25) is 5.82 Å². The third-order valence-corrected chi connectivity index (χ3v) is 4.49. The highest BCUT2D eigenvalue weighted by atomic mass is 35.5. The number of carbonyl (C=O) groups excluding carboxylic acids is 1. The molecule has 0 fully saturated rings. The number of carbonyl (C=O) groups is 1. The molecule has 146 valence electrons. The maximum absolute atomic E-state index is 10.3. The first-order chi connectivity index (χ1) is 13.2. The predicted octanol–water partition coefficient (Wildman–Crippen LogP) is 3.30. The Balaban J connectivity index is 0.000000221. The highest BCUT2D eigenvalue weighted by Crippen LogP contribution is 2.27. The van der Waals surface area contributed by atoms with E-state index in [-0.39, 0.29) is 10.6 Å². The second-order valence-corrected chi connectivity index (χ2v) is 6.91. The molecule has 9 heteroatoms. The van der Waals surface area contributed by atoms with Crippen molar-refractivity contribution in [3.05, 3.63) is 68.8 Å². The standard InChI is InChI=1S/C12H13ClN4.C7H4Cl2O2/c1-2-9-10(11(14)17-12(15)16-9)7-3-5-8(13)6-4-7;8-4-1-2-5(7(10)11)6(9)3-4/h3-6H,2H2,1H3,(H4,14,15,16,17);1-3H,(H,10,11). The molecule has 3 rings (SSSR count). The first-order valence-corrected chi connectivity index (χ1v) is 9.25. The van der Waals surface area contributed by atoms with Crippen LogP contribution in [0.15, 0.2) is 42.5 Å². The van der Waals surface area contributed by atoms with Crippen molar-refractivity contribution in [2.24, 2.45) is 0 Å². The molecule has 2 aromatic carbocycles. The summed E-state index contributed by atoms with van der Waals surface area (Å²) in [6, 6.07) is 11.6. The molecule has 3 aromatic rings. The summed E-state index contributed by atoms with van der Waals surface area (Å²) in [4.78, 5) is 17.4. The van der Waals surface area contributed by atoms with Gasteiger partial charge < -0.3 is 21.4 Å². The third kappa shape index (κ3) is 5.48. The van der Waals surface area contributed by atoms with E-state index in [0.29, 0.717) is 21.8 Å². The normalized spacial score (nSPS) is 10.1. The number of benzene rings is 2. The van der Waals surface area contributed by atoms with E-state index in [4.69, 9.17) is 46.3 Å². The van der Waals surface area contributed by atoms with Gasteiger partial charge in [0.15, 0.2) is 0 Å². The molecule has 1 aromatic heterocycles. The van der Waals surface area contributed by atoms with Gasteiger partial charge in [-0.1, -0.05) is 59.9 Å². The first kappa shape index (κ1) is 21.8. The number of aromatic amines is 1. The lowest BCUT2D eigenvalue weighted by Gasteiger charge is -2.07. The number of aromatic nitrogens is 2. The number of aromatic carboxylic acids is 1. The molecule has 1 heterocycles. The van der Waals surface area contributed by atoms with E-state index in [2.05, 4.69) is 9.97 Å². The van der Waals surface area contributed by atoms with Crippen molar-refractivity contribution in [2.75, 3.05) is 11.5 Å². The van der Waals surface area contributed by atoms with Gasteiger partial charge in [-0.2, -0.15) is 0 Å². The van der Waals surface area contributed by atoms with Gasteiger partial charge in [0.1, 0.15) is 5.69 Å². The molecular formula is C19H17Cl3N4O2. The number of nitrogens with one attached hydrogen (secondary N) is 1. The largest absolute Gasteiger partial charge is 0.545 e. The van der Waals surface area contributed by atoms with Gasteiger partial charge in [0, 0.05) is 15.6 Å². The molecule has 0 saturated heterocycles. The van der Waals surface area contributed by atoms with Crippen LogP contribution >= 0.6 is 34.8 Å². The highest BCUT2D eigenvalue weighted by Gasteiger charge is 2.15. The molecule has 0 radical (unpaired) electrons. The van der Waals surface area contributed by atoms with Gasteiger partial charge in [0.05, 0.1) is 16.6 Å². The van der Waals surface area contributed by atoms with Crippen molar-refractivity contribution in [1.82, 2.24) is 4.98 Å². The molecule has 0 atom stereocenters. The molecule has 0 unspecified atom stereocenters. The van der Waals surface area contributed by atoms with Crippen molar-refractivity contribution in [1.29, 1.82) is 0 Å². The number of nitrogens with two attached hydrogens (primary N) is 2. The summed E-state index contributed by atoms with van der Waals surface area (Å²) in [6.45, 7) is 2.01. The van der Waals surface area contributed by atoms with Gasteiger partial charge in [-0.25, -0.2) is 4.98 Å². The molecule has 0 saturated carbocycles. The average molecular weight is 440 g/mol. The van der Waals surface area contributed by atoms with E-state index >= 15 is 0 Å². The van der Waals surface area contributed by atoms with Crippen LogP contribution in [0.2, 0.25) is 15.1 Å². The van der Waals surface area contributed by atoms with Gasteiger partial charge in [-0.05, 0) is 36.2 Å². The molecule has 0 aliphatic heterocycles. The van der Waals surface area contributed by atoms with Crippen molar-refractivity contribution in [3.8, 4) is 11.1 Å². The Labute approximate surface area is 177 Å². The maximum Gasteiger partial charge on any atom is 0.342 e. The van der Waals surface area contributed by atoms with Gasteiger partial charge in [-0.3, -0.25) is 0 Å². The number of carboxylic acids is 1. The minimum atomic E-state index is -1.30. The number of nitrogens with zero attached hydrogens (tertiary/aromatic N) is 1. The zero-order valence-electron chi connectivity index (χ0n) is 14.8. The number of carboxylic acid groups (broad SMARTS) is 1. The van der Waals surface area contributed by atoms with Gasteiger partial charge in [0.25, 0.3) is 0 Å². The minimum absolute atomic E-state index is 0.0453. The van der Waals surface area contributed by atoms with Crippen LogP contribution in [0.3, 0.4) is 0 Å². The first-order valence-electron chi connectivity index (χ1n) is 8.12. The monoisotopic (exact) mass is 438 g/mol. The third-order valence-electron chi connectivity index (χ3n) is 3.69. The Morgan fingerprint density at radius 3 is 2.21 bits per heavy atom. The van der Waals surface area contributed by atoms with Gasteiger partial charge >= 0.3 is 5.95 Å². The fourth-order valence-corrected chi connectivity index (χ4v) is 3.05. The Morgan fingerprint density at radius 1 is 1.07 bits per heavy atom. The predicted molar refractivity (Wildman–Crippen MR) is 110 cm³/mol. The fourth-order valence-electron chi connectivity index (χ4n) is 2.43. The minimum Gasteiger partial charge on any atom is -0.545 e. The van der Waals surface area contributed by atoms with Crippen LogP contribution in [0.25, 0.3) is 11.1 Å². The second-order valence-electron chi connectivity index (χ2n) is 5.63. The van der Waals surface area contributed by atoms with Crippen LogP contribution < -0.4 is 21.6 Å². The number of halogens is 3. The van der Waals surface area contributed by atoms with E-state index < -0.39 is 5.97 Å². The smallest absolute Gasteiger partial charge is 0.342 e. The SMILES string of the molecule is CCc1nc(N)[nH+]c(N)c1-c1ccc(Cl)cc1.O=C([O-])c1ccc(Cl)cc1Cl. The zero-order chi connectivity index (χ0) is 20.8. The van der Waals surface area contributed by atoms with Crippen molar-refractivity contribution >= 4 is 52.5 Å². The van der Waals surface area contributed by atoms with Crippen molar-refractivity contribution in [2.45, 2.75) is 13.3 Å². The molecule has 0 aliphatic carbocycles. The lowest BCUT2D eigenvalue weighted by molar-refractivity contribution is -0.346. The summed E-state index contributed by atoms with van der Waals surface area (Å²) in [6.07, 6.45) is 0.765. The Bertz CT molecular complexity index is 995. The van der Waals surface area contributed by atoms with E-state index in [1.807, 2.05) is 31.2 Å². The summed E-state index contributed by atoms with van der Waals surface area (Å²) in [5, 5.41) is 11.5. The van der Waals surface area contributed by atoms with E-state index in [0.717, 1.165) is 23.2 Å². The van der Waals surface area contributed by atoms with Crippen molar-refractivity contribution < 1.29 is 14.9 Å². The molecule has 0 spiro atoms. The van der Waals surface area contributed by atoms with E-state index in [1.54, 1.807) is 0 Å². The summed E-state index contributed by atoms with van der Waals surface area (Å²) in [7, 11) is 0. The van der Waals surface area contributed by atoms with Crippen LogP contribution in [0, 0.1) is 0 Å². The molecule has 0 bridgehead atoms. The van der Waals surface area contributed by atoms with E-state index in [9.17, 15) is 9.90 Å². The molecule has 28 heavy (non-hydrogen) atoms. The summed E-state index contributed by atoms with van der Waals surface area (Å²) >= 11 is 16.9. The Kier molecular flexibility index (Phi) is 7.45. The number of hydrogen-bond donors (Lipinski definition) is 2. The number of nitrogen functional groups attached to an aromatic ring is 2. The lowest BCUT2D eigenvalue weighted by Crippen LogP contribution is -2.22. The number of anilines is 2. The average Bonchev–Trinajstić information content (AvgIpc) is 2.62. The van der Waals surface area contributed by atoms with Crippen LogP contribution in [-0.4, -0.2) is 11.0 Å². The molecule has 6 nitrogen and oxygen atoms in total. The number of rotatable bonds is 3. The number of hydrogen-bond acceptors (Lipinski definition) is 5. The van der Waals surface area contributed by atoms with Crippen LogP contribution in [0.5, 0.6) is 0 Å². The maximum atomic E-state index is 10.3. The second kappa shape index (κ2) is 9.59. The summed E-state index contributed by atoms with van der Waals surface area (Å²) in [5.41, 5.74) is 14.3. The quantitative estimate of drug-likeness (QED) is 0.649. The highest BCUT2D eigenvalue weighted by molar-refractivity contribution is 6.36. The van der Waals surface area contributed by atoms with Crippen molar-refractivity contribution in [3.63, 3.8) is 0 Å². The molecular weight excluding hydrogens is 423 g/mol. The zero-order valence-corrected chi connectivity index (χ0v) is 17.1. The lowest BCUT2D eigenvalue weighted by atomic mass is 10.0. The number of H-pyrrole nitrogens is 1. The Morgan fingerprint density at radius 2 is 1.68 bits per heavy atom. The topological polar surface area (TPSA) is 119 Å². The van der Waals surface area contributed by atoms with Crippen LogP contribution in [0.4, 0.5) is 11.8 Å². The molecule has 5 N–H and O–H groups in total. The summed E-state index contributed by atoms with van der Waals surface area (Å²) in [5.74, 6) is -0.444. The van der Waals surface area contributed by atoms with E-state index in [1.165, 1.54) is 18.2 Å². The molecule has 0 aliphatic rings. The van der Waals surface area contributed by atoms with Crippen LogP contribution in [0.1, 0.15) is 23.0 Å². The van der Waals surface area contributed by atoms with Gasteiger partial charge in [-0.15, -0.1) is 4.98 Å². The fraction of sp³-hybridized carbons (Fsp3) is 0.105. The summed E-state index contributed by atoms with van der Waals surface area (Å²) < 4.78 is 0. The molecule has 0 amide bonds.